The van der Waals surface area contributed by atoms with Crippen molar-refractivity contribution in [2.24, 2.45) is 0 Å². The number of aryl methyl sites for hydroxylation is 1. The number of hydrogen-bond acceptors (Lipinski definition) is 1. The number of allylic oxidation sites excluding steroid dienone is 2. The first kappa shape index (κ1) is 17.4. The van der Waals surface area contributed by atoms with Gasteiger partial charge in [-0.15, -0.1) is 0 Å². The van der Waals surface area contributed by atoms with Crippen LogP contribution in [0.2, 0.25) is 0 Å². The fourth-order valence-corrected chi connectivity index (χ4v) is 3.49. The molecule has 0 saturated carbocycles. The van der Waals surface area contributed by atoms with Crippen LogP contribution in [-0.2, 0) is 0 Å². The lowest BCUT2D eigenvalue weighted by Crippen LogP contribution is -2.32. The van der Waals surface area contributed by atoms with Gasteiger partial charge < -0.3 is 5.32 Å². The Morgan fingerprint density at radius 2 is 1.37 bits per heavy atom. The Morgan fingerprint density at radius 1 is 0.741 bits per heavy atom. The molecular weight excluding hydrogens is 326 g/mol. The zero-order chi connectivity index (χ0) is 18.7. The van der Waals surface area contributed by atoms with Gasteiger partial charge in [0.25, 0.3) is 0 Å². The van der Waals surface area contributed by atoms with Crippen molar-refractivity contribution in [1.29, 1.82) is 0 Å². The van der Waals surface area contributed by atoms with E-state index in [1.54, 1.807) is 0 Å². The Labute approximate surface area is 162 Å². The van der Waals surface area contributed by atoms with Crippen molar-refractivity contribution in [2.75, 3.05) is 5.32 Å². The lowest BCUT2D eigenvalue weighted by atomic mass is 9.87. The van der Waals surface area contributed by atoms with Crippen molar-refractivity contribution in [2.45, 2.75) is 25.8 Å². The molecule has 0 fully saturated rings. The molecule has 0 radical (unpaired) electrons. The minimum atomic E-state index is -0.0670. The summed E-state index contributed by atoms with van der Waals surface area (Å²) in [7, 11) is 0. The molecule has 4 rings (SSSR count). The molecule has 3 aromatic carbocycles. The van der Waals surface area contributed by atoms with E-state index in [0.29, 0.717) is 0 Å². The SMILES string of the molecule is Cc1ccc(C2=CCC(C)(Nc3ccc(-c4ccccc4)cc3)C=C2)cc1. The first-order valence-corrected chi connectivity index (χ1v) is 9.51. The summed E-state index contributed by atoms with van der Waals surface area (Å²) in [5.41, 5.74) is 7.45. The molecule has 27 heavy (non-hydrogen) atoms. The van der Waals surface area contributed by atoms with Gasteiger partial charge in [0.1, 0.15) is 0 Å². The molecule has 3 aromatic rings. The zero-order valence-corrected chi connectivity index (χ0v) is 15.9. The molecule has 1 aliphatic rings. The van der Waals surface area contributed by atoms with Crippen LogP contribution in [0, 0.1) is 6.92 Å². The average molecular weight is 351 g/mol. The molecule has 1 aliphatic carbocycles. The molecule has 0 bridgehead atoms. The summed E-state index contributed by atoms with van der Waals surface area (Å²) in [5.74, 6) is 0. The predicted octanol–water partition coefficient (Wildman–Crippen LogP) is 6.88. The fraction of sp³-hybridized carbons (Fsp3) is 0.154. The lowest BCUT2D eigenvalue weighted by Gasteiger charge is -2.30. The van der Waals surface area contributed by atoms with Crippen molar-refractivity contribution in [1.82, 2.24) is 0 Å². The number of benzene rings is 3. The number of nitrogens with one attached hydrogen (secondary N) is 1. The molecular formula is C26H25N. The van der Waals surface area contributed by atoms with Crippen LogP contribution in [0.4, 0.5) is 5.69 Å². The van der Waals surface area contributed by atoms with Gasteiger partial charge in [0, 0.05) is 5.69 Å². The van der Waals surface area contributed by atoms with Gasteiger partial charge in [-0.1, -0.05) is 90.5 Å². The van der Waals surface area contributed by atoms with E-state index in [-0.39, 0.29) is 5.54 Å². The maximum atomic E-state index is 3.69. The molecule has 0 spiro atoms. The second-order valence-corrected chi connectivity index (χ2v) is 7.55. The molecule has 1 unspecified atom stereocenters. The number of hydrogen-bond donors (Lipinski definition) is 1. The smallest absolute Gasteiger partial charge is 0.0566 e. The summed E-state index contributed by atoms with van der Waals surface area (Å²) < 4.78 is 0. The van der Waals surface area contributed by atoms with Crippen LogP contribution in [-0.4, -0.2) is 5.54 Å². The topological polar surface area (TPSA) is 12.0 Å². The molecule has 1 atom stereocenters. The van der Waals surface area contributed by atoms with Crippen LogP contribution in [0.25, 0.3) is 16.7 Å². The molecule has 0 aromatic heterocycles. The first-order chi connectivity index (χ1) is 13.1. The first-order valence-electron chi connectivity index (χ1n) is 9.51. The highest BCUT2D eigenvalue weighted by Crippen LogP contribution is 2.30. The molecule has 0 aliphatic heterocycles. The van der Waals surface area contributed by atoms with Gasteiger partial charge >= 0.3 is 0 Å². The standard InChI is InChI=1S/C26H25N/c1-20-8-10-22(11-9-20)24-16-18-26(2,19-17-24)27-25-14-12-23(13-15-25)21-6-4-3-5-7-21/h3-18,27H,19H2,1-2H3. The van der Waals surface area contributed by atoms with Gasteiger partial charge in [0.15, 0.2) is 0 Å². The minimum absolute atomic E-state index is 0.0670. The summed E-state index contributed by atoms with van der Waals surface area (Å²) in [6.07, 6.45) is 7.82. The Hall–Kier alpha value is -3.06. The van der Waals surface area contributed by atoms with Gasteiger partial charge in [-0.2, -0.15) is 0 Å². The highest BCUT2D eigenvalue weighted by molar-refractivity contribution is 5.76. The summed E-state index contributed by atoms with van der Waals surface area (Å²) in [6.45, 7) is 4.37. The monoisotopic (exact) mass is 351 g/mol. The minimum Gasteiger partial charge on any atom is -0.376 e. The summed E-state index contributed by atoms with van der Waals surface area (Å²) in [6, 6.07) is 27.9. The highest BCUT2D eigenvalue weighted by Gasteiger charge is 2.22. The highest BCUT2D eigenvalue weighted by atomic mass is 15.0. The van der Waals surface area contributed by atoms with Gasteiger partial charge in [0.05, 0.1) is 5.54 Å². The van der Waals surface area contributed by atoms with Crippen LogP contribution >= 0.6 is 0 Å². The van der Waals surface area contributed by atoms with Crippen LogP contribution in [0.15, 0.2) is 97.1 Å². The maximum absolute atomic E-state index is 3.69. The molecule has 1 N–H and O–H groups in total. The van der Waals surface area contributed by atoms with Crippen molar-refractivity contribution >= 4 is 11.3 Å². The summed E-state index contributed by atoms with van der Waals surface area (Å²) >= 11 is 0. The van der Waals surface area contributed by atoms with Crippen molar-refractivity contribution < 1.29 is 0 Å². The normalized spacial score (nSPS) is 18.8. The van der Waals surface area contributed by atoms with E-state index in [4.69, 9.17) is 0 Å². The average Bonchev–Trinajstić information content (AvgIpc) is 2.70. The zero-order valence-electron chi connectivity index (χ0n) is 15.9. The third-order valence-electron chi connectivity index (χ3n) is 5.18. The van der Waals surface area contributed by atoms with E-state index >= 15 is 0 Å². The van der Waals surface area contributed by atoms with Gasteiger partial charge in [-0.3, -0.25) is 0 Å². The third-order valence-corrected chi connectivity index (χ3v) is 5.18. The van der Waals surface area contributed by atoms with Crippen molar-refractivity contribution in [3.05, 3.63) is 108 Å². The van der Waals surface area contributed by atoms with E-state index in [1.807, 2.05) is 6.07 Å². The van der Waals surface area contributed by atoms with E-state index in [1.165, 1.54) is 27.8 Å². The van der Waals surface area contributed by atoms with Crippen molar-refractivity contribution in [3.8, 4) is 11.1 Å². The Morgan fingerprint density at radius 3 is 2.00 bits per heavy atom. The second-order valence-electron chi connectivity index (χ2n) is 7.55. The van der Waals surface area contributed by atoms with E-state index < -0.39 is 0 Å². The quantitative estimate of drug-likeness (QED) is 0.540. The maximum Gasteiger partial charge on any atom is 0.0566 e. The predicted molar refractivity (Wildman–Crippen MR) is 117 cm³/mol. The van der Waals surface area contributed by atoms with Crippen LogP contribution in [0.5, 0.6) is 0 Å². The van der Waals surface area contributed by atoms with Crippen LogP contribution < -0.4 is 5.32 Å². The van der Waals surface area contributed by atoms with E-state index in [0.717, 1.165) is 12.1 Å². The molecule has 134 valence electrons. The Balaban J connectivity index is 1.45. The van der Waals surface area contributed by atoms with Gasteiger partial charge in [-0.25, -0.2) is 0 Å². The Kier molecular flexibility index (Phi) is 4.68. The molecule has 1 nitrogen and oxygen atoms in total. The summed E-state index contributed by atoms with van der Waals surface area (Å²) in [4.78, 5) is 0. The van der Waals surface area contributed by atoms with Gasteiger partial charge in [-0.05, 0) is 54.7 Å². The molecule has 1 heteroatoms. The molecule has 0 amide bonds. The Bertz CT molecular complexity index is 963. The van der Waals surface area contributed by atoms with Crippen LogP contribution in [0.3, 0.4) is 0 Å². The lowest BCUT2D eigenvalue weighted by molar-refractivity contribution is 0.642. The van der Waals surface area contributed by atoms with Crippen molar-refractivity contribution in [3.63, 3.8) is 0 Å². The largest absolute Gasteiger partial charge is 0.376 e. The fourth-order valence-electron chi connectivity index (χ4n) is 3.49. The summed E-state index contributed by atoms with van der Waals surface area (Å²) in [5, 5.41) is 3.69. The number of anilines is 1. The molecule has 0 saturated heterocycles. The third kappa shape index (κ3) is 4.03. The second kappa shape index (κ2) is 7.28. The van der Waals surface area contributed by atoms with E-state index in [9.17, 15) is 0 Å². The van der Waals surface area contributed by atoms with E-state index in [2.05, 4.69) is 110 Å². The van der Waals surface area contributed by atoms with Gasteiger partial charge in [0.2, 0.25) is 0 Å². The molecule has 0 heterocycles. The number of rotatable bonds is 4. The van der Waals surface area contributed by atoms with Crippen LogP contribution in [0.1, 0.15) is 24.5 Å².